The highest BCUT2D eigenvalue weighted by Gasteiger charge is 2.20. The van der Waals surface area contributed by atoms with Crippen molar-refractivity contribution < 1.29 is 0 Å². The Hall–Kier alpha value is -3.88. The Morgan fingerprint density at radius 2 is 1.84 bits per heavy atom. The summed E-state index contributed by atoms with van der Waals surface area (Å²) in [6.07, 6.45) is 8.32. The van der Waals surface area contributed by atoms with Gasteiger partial charge in [-0.1, -0.05) is 24.3 Å². The molecular formula is C23H25N7O2. The monoisotopic (exact) mass is 431 g/mol. The van der Waals surface area contributed by atoms with Gasteiger partial charge in [-0.2, -0.15) is 4.98 Å². The molecule has 0 N–H and O–H groups in total. The van der Waals surface area contributed by atoms with Crippen LogP contribution >= 0.6 is 0 Å². The second-order valence-electron chi connectivity index (χ2n) is 8.19. The number of benzene rings is 1. The molecule has 0 fully saturated rings. The van der Waals surface area contributed by atoms with E-state index >= 15 is 0 Å². The first-order valence-electron chi connectivity index (χ1n) is 10.6. The van der Waals surface area contributed by atoms with Crippen molar-refractivity contribution in [2.24, 2.45) is 7.05 Å². The fraction of sp³-hybridized carbons (Fsp3) is 0.304. The normalized spacial score (nSPS) is 11.7. The summed E-state index contributed by atoms with van der Waals surface area (Å²) in [6.45, 7) is 5.80. The number of hydrogen-bond donors (Lipinski definition) is 0. The lowest BCUT2D eigenvalue weighted by Gasteiger charge is -2.10. The Balaban J connectivity index is 1.60. The van der Waals surface area contributed by atoms with Crippen LogP contribution in [0.25, 0.3) is 16.9 Å². The highest BCUT2D eigenvalue weighted by Crippen LogP contribution is 2.17. The molecule has 0 saturated heterocycles. The molecule has 0 radical (unpaired) electrons. The van der Waals surface area contributed by atoms with Crippen molar-refractivity contribution in [2.75, 3.05) is 0 Å². The maximum absolute atomic E-state index is 13.5. The minimum absolute atomic E-state index is 0.228. The fourth-order valence-electron chi connectivity index (χ4n) is 4.26. The van der Waals surface area contributed by atoms with Crippen molar-refractivity contribution >= 4 is 16.9 Å². The second kappa shape index (κ2) is 7.67. The Morgan fingerprint density at radius 1 is 1.03 bits per heavy atom. The van der Waals surface area contributed by atoms with Crippen LogP contribution in [0.1, 0.15) is 23.2 Å². The number of aryl methyl sites for hydroxylation is 5. The smallest absolute Gasteiger partial charge is 0.332 e. The van der Waals surface area contributed by atoms with Crippen molar-refractivity contribution in [1.29, 1.82) is 0 Å². The van der Waals surface area contributed by atoms with Crippen LogP contribution < -0.4 is 11.2 Å². The number of hydrogen-bond acceptors (Lipinski definition) is 4. The predicted molar refractivity (Wildman–Crippen MR) is 122 cm³/mol. The van der Waals surface area contributed by atoms with E-state index in [4.69, 9.17) is 4.98 Å². The second-order valence-corrected chi connectivity index (χ2v) is 8.19. The molecule has 0 aliphatic heterocycles. The molecule has 4 aromatic heterocycles. The summed E-state index contributed by atoms with van der Waals surface area (Å²) in [5.74, 6) is 0.670. The van der Waals surface area contributed by atoms with E-state index in [1.807, 2.05) is 59.5 Å². The molecule has 164 valence electrons. The Bertz CT molecular complexity index is 1550. The first-order chi connectivity index (χ1) is 15.5. The summed E-state index contributed by atoms with van der Waals surface area (Å²) in [7, 11) is 1.67. The van der Waals surface area contributed by atoms with Crippen LogP contribution in [0.15, 0.2) is 58.8 Å². The number of nitrogens with zero attached hydrogens (tertiary/aromatic N) is 7. The molecule has 5 aromatic rings. The SMILES string of the molecule is Cc1ccccc1Cn1c(=O)c2c(nc3n(CCCn4ccnc4)c(C)cn23)n(C)c1=O. The summed E-state index contributed by atoms with van der Waals surface area (Å²) < 4.78 is 8.70. The molecule has 0 aliphatic rings. The molecule has 9 heteroatoms. The summed E-state index contributed by atoms with van der Waals surface area (Å²) in [5, 5.41) is 0. The third kappa shape index (κ3) is 3.17. The zero-order valence-electron chi connectivity index (χ0n) is 18.4. The Kier molecular flexibility index (Phi) is 4.80. The van der Waals surface area contributed by atoms with E-state index in [2.05, 4.69) is 9.55 Å². The van der Waals surface area contributed by atoms with Gasteiger partial charge in [0, 0.05) is 44.4 Å². The van der Waals surface area contributed by atoms with E-state index in [9.17, 15) is 9.59 Å². The Labute approximate surface area is 183 Å². The van der Waals surface area contributed by atoms with Crippen molar-refractivity contribution in [3.8, 4) is 0 Å². The molecule has 5 rings (SSSR count). The molecule has 0 spiro atoms. The highest BCUT2D eigenvalue weighted by atomic mass is 16.2. The summed E-state index contributed by atoms with van der Waals surface area (Å²) in [4.78, 5) is 35.3. The lowest BCUT2D eigenvalue weighted by molar-refractivity contribution is 0.564. The van der Waals surface area contributed by atoms with Gasteiger partial charge in [-0.25, -0.2) is 9.78 Å². The van der Waals surface area contributed by atoms with Crippen LogP contribution in [0.3, 0.4) is 0 Å². The first kappa shape index (κ1) is 20.0. The Morgan fingerprint density at radius 3 is 2.59 bits per heavy atom. The predicted octanol–water partition coefficient (Wildman–Crippen LogP) is 2.10. The highest BCUT2D eigenvalue weighted by molar-refractivity contribution is 5.75. The molecule has 4 heterocycles. The summed E-state index contributed by atoms with van der Waals surface area (Å²) >= 11 is 0. The largest absolute Gasteiger partial charge is 0.337 e. The quantitative estimate of drug-likeness (QED) is 0.412. The molecular weight excluding hydrogens is 406 g/mol. The zero-order chi connectivity index (χ0) is 22.4. The van der Waals surface area contributed by atoms with Crippen LogP contribution in [0.4, 0.5) is 0 Å². The first-order valence-corrected chi connectivity index (χ1v) is 10.6. The maximum atomic E-state index is 13.5. The van der Waals surface area contributed by atoms with Crippen LogP contribution in [-0.2, 0) is 26.7 Å². The van der Waals surface area contributed by atoms with E-state index in [0.29, 0.717) is 16.9 Å². The van der Waals surface area contributed by atoms with E-state index in [0.717, 1.165) is 36.3 Å². The van der Waals surface area contributed by atoms with Crippen molar-refractivity contribution in [2.45, 2.75) is 39.9 Å². The summed E-state index contributed by atoms with van der Waals surface area (Å²) in [6, 6.07) is 7.79. The fourth-order valence-corrected chi connectivity index (χ4v) is 4.26. The van der Waals surface area contributed by atoms with E-state index in [1.54, 1.807) is 19.6 Å². The van der Waals surface area contributed by atoms with Gasteiger partial charge in [0.15, 0.2) is 11.2 Å². The number of rotatable bonds is 6. The third-order valence-electron chi connectivity index (χ3n) is 6.09. The third-order valence-corrected chi connectivity index (χ3v) is 6.09. The standard InChI is InChI=1S/C23H25N7O2/c1-16-7-4-5-8-18(16)14-30-21(31)19-20(26(3)23(30)32)25-22-28(17(2)13-29(19)22)11-6-10-27-12-9-24-15-27/h4-5,7-9,12-13,15H,6,10-11,14H2,1-3H3. The molecule has 32 heavy (non-hydrogen) atoms. The molecule has 0 amide bonds. The van der Waals surface area contributed by atoms with Gasteiger partial charge in [-0.05, 0) is 31.4 Å². The van der Waals surface area contributed by atoms with Gasteiger partial charge < -0.3 is 9.13 Å². The number of imidazole rings is 3. The topological polar surface area (TPSA) is 84.0 Å². The van der Waals surface area contributed by atoms with Gasteiger partial charge in [-0.15, -0.1) is 0 Å². The molecule has 0 saturated carbocycles. The minimum Gasteiger partial charge on any atom is -0.337 e. The zero-order valence-corrected chi connectivity index (χ0v) is 18.4. The maximum Gasteiger partial charge on any atom is 0.332 e. The van der Waals surface area contributed by atoms with Gasteiger partial charge in [0.25, 0.3) is 5.56 Å². The van der Waals surface area contributed by atoms with Crippen molar-refractivity contribution in [1.82, 2.24) is 32.6 Å². The van der Waals surface area contributed by atoms with Crippen molar-refractivity contribution in [3.63, 3.8) is 0 Å². The van der Waals surface area contributed by atoms with Crippen molar-refractivity contribution in [3.05, 3.63) is 86.8 Å². The minimum atomic E-state index is -0.366. The van der Waals surface area contributed by atoms with Crippen LogP contribution in [-0.4, -0.2) is 32.6 Å². The van der Waals surface area contributed by atoms with Gasteiger partial charge in [0.2, 0.25) is 5.78 Å². The average molecular weight is 432 g/mol. The lowest BCUT2D eigenvalue weighted by atomic mass is 10.1. The molecule has 9 nitrogen and oxygen atoms in total. The lowest BCUT2D eigenvalue weighted by Crippen LogP contribution is -2.39. The van der Waals surface area contributed by atoms with Gasteiger partial charge in [-0.3, -0.25) is 18.3 Å². The van der Waals surface area contributed by atoms with E-state index in [-0.39, 0.29) is 17.8 Å². The van der Waals surface area contributed by atoms with E-state index < -0.39 is 0 Å². The molecule has 0 unspecified atom stereocenters. The molecule has 0 aliphatic carbocycles. The van der Waals surface area contributed by atoms with Crippen LogP contribution in [0.2, 0.25) is 0 Å². The van der Waals surface area contributed by atoms with E-state index in [1.165, 1.54) is 9.13 Å². The van der Waals surface area contributed by atoms with Gasteiger partial charge in [0.1, 0.15) is 0 Å². The average Bonchev–Trinajstić information content (AvgIpc) is 3.48. The van der Waals surface area contributed by atoms with Crippen LogP contribution in [0.5, 0.6) is 0 Å². The molecule has 0 bridgehead atoms. The van der Waals surface area contributed by atoms with Gasteiger partial charge >= 0.3 is 5.69 Å². The summed E-state index contributed by atoms with van der Waals surface area (Å²) in [5.41, 5.74) is 3.13. The van der Waals surface area contributed by atoms with Crippen LogP contribution in [0, 0.1) is 13.8 Å². The number of aromatic nitrogens is 7. The molecule has 0 atom stereocenters. The molecule has 1 aromatic carbocycles. The number of fused-ring (bicyclic) bond motifs is 3. The van der Waals surface area contributed by atoms with Gasteiger partial charge in [0.05, 0.1) is 12.9 Å².